The van der Waals surface area contributed by atoms with Crippen molar-refractivity contribution in [2.45, 2.75) is 5.88 Å². The molecule has 0 saturated heterocycles. The highest BCUT2D eigenvalue weighted by atomic mass is 35.5. The summed E-state index contributed by atoms with van der Waals surface area (Å²) in [5, 5.41) is 9.81. The van der Waals surface area contributed by atoms with Gasteiger partial charge in [0, 0.05) is 16.0 Å². The average molecular weight is 217 g/mol. The maximum Gasteiger partial charge on any atom is 0.177 e. The molecule has 2 aromatic rings. The number of thiophene rings is 1. The molecule has 0 unspecified atom stereocenters. The van der Waals surface area contributed by atoms with Crippen molar-refractivity contribution in [1.29, 1.82) is 0 Å². The summed E-state index contributed by atoms with van der Waals surface area (Å²) in [6.45, 7) is 0. The molecule has 1 nitrogen and oxygen atoms in total. The molecule has 4 heteroatoms. The van der Waals surface area contributed by atoms with E-state index in [0.717, 1.165) is 27.0 Å². The zero-order chi connectivity index (χ0) is 9.42. The van der Waals surface area contributed by atoms with Crippen LogP contribution in [0, 0.1) is 5.13 Å². The molecule has 0 bridgehead atoms. The van der Waals surface area contributed by atoms with Crippen LogP contribution in [-0.4, -0.2) is 5.11 Å². The second-order valence-electron chi connectivity index (χ2n) is 2.70. The van der Waals surface area contributed by atoms with Crippen LogP contribution in [-0.2, 0) is 5.88 Å². The van der Waals surface area contributed by atoms with Gasteiger partial charge in [-0.05, 0) is 23.8 Å². The zero-order valence-corrected chi connectivity index (χ0v) is 8.12. The van der Waals surface area contributed by atoms with Crippen LogP contribution in [0.15, 0.2) is 18.2 Å². The van der Waals surface area contributed by atoms with Crippen molar-refractivity contribution in [2.75, 3.05) is 0 Å². The first-order chi connectivity index (χ1) is 6.20. The fourth-order valence-electron chi connectivity index (χ4n) is 1.28. The van der Waals surface area contributed by atoms with Gasteiger partial charge in [0.25, 0.3) is 0 Å². The van der Waals surface area contributed by atoms with Gasteiger partial charge in [0.05, 0.1) is 0 Å². The predicted octanol–water partition coefficient (Wildman–Crippen LogP) is 3.48. The Labute approximate surface area is 83.4 Å². The van der Waals surface area contributed by atoms with Crippen LogP contribution in [0.3, 0.4) is 0 Å². The van der Waals surface area contributed by atoms with Gasteiger partial charge >= 0.3 is 0 Å². The lowest BCUT2D eigenvalue weighted by Gasteiger charge is -1.98. The largest absolute Gasteiger partial charge is 0.508 e. The number of phenolic OH excluding ortho intramolecular Hbond substituents is 1. The molecule has 1 aromatic heterocycles. The minimum Gasteiger partial charge on any atom is -0.508 e. The van der Waals surface area contributed by atoms with Crippen molar-refractivity contribution >= 4 is 33.0 Å². The first kappa shape index (κ1) is 8.78. The average Bonchev–Trinajstić information content (AvgIpc) is 2.43. The van der Waals surface area contributed by atoms with Crippen LogP contribution >= 0.6 is 22.9 Å². The summed E-state index contributed by atoms with van der Waals surface area (Å²) in [7, 11) is 0. The standard InChI is InChI=1S/C9H6ClFOS/c10-4-5-1-6(12)2-8-7(5)3-9(11)13-8/h1-3,12H,4H2. The minimum atomic E-state index is -0.257. The van der Waals surface area contributed by atoms with Crippen LogP contribution in [0.4, 0.5) is 4.39 Å². The third-order valence-corrected chi connectivity index (χ3v) is 2.98. The topological polar surface area (TPSA) is 20.2 Å². The molecule has 13 heavy (non-hydrogen) atoms. The van der Waals surface area contributed by atoms with Crippen molar-refractivity contribution in [3.8, 4) is 5.75 Å². The summed E-state index contributed by atoms with van der Waals surface area (Å²) in [6, 6.07) is 4.54. The molecule has 0 amide bonds. The van der Waals surface area contributed by atoms with Gasteiger partial charge in [-0.25, -0.2) is 0 Å². The number of fused-ring (bicyclic) bond motifs is 1. The van der Waals surface area contributed by atoms with Crippen LogP contribution in [0.2, 0.25) is 0 Å². The van der Waals surface area contributed by atoms with Crippen molar-refractivity contribution in [2.24, 2.45) is 0 Å². The van der Waals surface area contributed by atoms with Gasteiger partial charge in [-0.15, -0.1) is 22.9 Å². The fourth-order valence-corrected chi connectivity index (χ4v) is 2.36. The summed E-state index contributed by atoms with van der Waals surface area (Å²) in [6.07, 6.45) is 0. The van der Waals surface area contributed by atoms with Gasteiger partial charge in [-0.3, -0.25) is 0 Å². The van der Waals surface area contributed by atoms with Gasteiger partial charge in [0.15, 0.2) is 5.13 Å². The fraction of sp³-hybridized carbons (Fsp3) is 0.111. The van der Waals surface area contributed by atoms with E-state index in [1.807, 2.05) is 0 Å². The van der Waals surface area contributed by atoms with Gasteiger partial charge in [0.1, 0.15) is 5.75 Å². The molecule has 0 spiro atoms. The van der Waals surface area contributed by atoms with E-state index in [1.54, 1.807) is 12.1 Å². The lowest BCUT2D eigenvalue weighted by molar-refractivity contribution is 0.476. The molecule has 0 atom stereocenters. The summed E-state index contributed by atoms with van der Waals surface area (Å²) in [5.74, 6) is 0.408. The molecule has 0 aliphatic carbocycles. The summed E-state index contributed by atoms with van der Waals surface area (Å²) < 4.78 is 13.6. The number of hydrogen-bond donors (Lipinski definition) is 1. The number of halogens is 2. The third kappa shape index (κ3) is 1.49. The Balaban J connectivity index is 2.80. The lowest BCUT2D eigenvalue weighted by Crippen LogP contribution is -1.77. The molecule has 2 rings (SSSR count). The first-order valence-corrected chi connectivity index (χ1v) is 5.02. The Kier molecular flexibility index (Phi) is 2.14. The molecule has 1 N–H and O–H groups in total. The monoisotopic (exact) mass is 216 g/mol. The van der Waals surface area contributed by atoms with Crippen molar-refractivity contribution in [1.82, 2.24) is 0 Å². The highest BCUT2D eigenvalue weighted by Crippen LogP contribution is 2.31. The van der Waals surface area contributed by atoms with Gasteiger partial charge in [0.2, 0.25) is 0 Å². The molecule has 68 valence electrons. The van der Waals surface area contributed by atoms with Crippen LogP contribution in [0.5, 0.6) is 5.75 Å². The Bertz CT molecular complexity index is 452. The molecule has 1 aromatic carbocycles. The van der Waals surface area contributed by atoms with Crippen LogP contribution < -0.4 is 0 Å². The number of alkyl halides is 1. The number of hydrogen-bond acceptors (Lipinski definition) is 2. The molecule has 0 aliphatic rings. The summed E-state index contributed by atoms with van der Waals surface area (Å²) in [4.78, 5) is 0. The van der Waals surface area contributed by atoms with Gasteiger partial charge in [-0.2, -0.15) is 4.39 Å². The second kappa shape index (κ2) is 3.16. The first-order valence-electron chi connectivity index (χ1n) is 3.67. The Morgan fingerprint density at radius 1 is 1.38 bits per heavy atom. The highest BCUT2D eigenvalue weighted by molar-refractivity contribution is 7.17. The van der Waals surface area contributed by atoms with Gasteiger partial charge < -0.3 is 5.11 Å². The van der Waals surface area contributed by atoms with Crippen LogP contribution in [0.1, 0.15) is 5.56 Å². The van der Waals surface area contributed by atoms with E-state index in [-0.39, 0.29) is 16.8 Å². The Morgan fingerprint density at radius 2 is 2.15 bits per heavy atom. The zero-order valence-electron chi connectivity index (χ0n) is 6.55. The maximum absolute atomic E-state index is 12.9. The van der Waals surface area contributed by atoms with Crippen LogP contribution in [0.25, 0.3) is 10.1 Å². The normalized spacial score (nSPS) is 10.9. The molecular weight excluding hydrogens is 211 g/mol. The maximum atomic E-state index is 12.9. The van der Waals surface area contributed by atoms with Crippen molar-refractivity contribution < 1.29 is 9.50 Å². The Hall–Kier alpha value is -0.800. The van der Waals surface area contributed by atoms with E-state index in [9.17, 15) is 9.50 Å². The van der Waals surface area contributed by atoms with E-state index in [4.69, 9.17) is 11.6 Å². The highest BCUT2D eigenvalue weighted by Gasteiger charge is 2.07. The summed E-state index contributed by atoms with van der Waals surface area (Å²) >= 11 is 6.67. The molecule has 1 heterocycles. The lowest BCUT2D eigenvalue weighted by atomic mass is 10.1. The number of phenols is 1. The van der Waals surface area contributed by atoms with E-state index >= 15 is 0 Å². The SMILES string of the molecule is Oc1cc(CCl)c2cc(F)sc2c1. The minimum absolute atomic E-state index is 0.130. The molecule has 0 aliphatic heterocycles. The van der Waals surface area contributed by atoms with Crippen molar-refractivity contribution in [3.63, 3.8) is 0 Å². The number of rotatable bonds is 1. The van der Waals surface area contributed by atoms with E-state index < -0.39 is 0 Å². The summed E-state index contributed by atoms with van der Waals surface area (Å²) in [5.41, 5.74) is 0.761. The number of benzene rings is 1. The van der Waals surface area contributed by atoms with E-state index in [1.165, 1.54) is 6.07 Å². The molecule has 0 radical (unpaired) electrons. The van der Waals surface area contributed by atoms with E-state index in [0.29, 0.717) is 0 Å². The van der Waals surface area contributed by atoms with Crippen molar-refractivity contribution in [3.05, 3.63) is 28.9 Å². The van der Waals surface area contributed by atoms with E-state index in [2.05, 4.69) is 0 Å². The predicted molar refractivity (Wildman–Crippen MR) is 53.0 cm³/mol. The Morgan fingerprint density at radius 3 is 2.85 bits per heavy atom. The van der Waals surface area contributed by atoms with Gasteiger partial charge in [-0.1, -0.05) is 0 Å². The smallest absolute Gasteiger partial charge is 0.177 e. The molecular formula is C9H6ClFOS. The molecule has 0 fully saturated rings. The third-order valence-electron chi connectivity index (χ3n) is 1.82. The number of aromatic hydroxyl groups is 1. The quantitative estimate of drug-likeness (QED) is 0.724. The second-order valence-corrected chi connectivity index (χ2v) is 4.00. The molecule has 0 saturated carbocycles.